The second kappa shape index (κ2) is 6.23. The molecule has 1 aliphatic rings. The van der Waals surface area contributed by atoms with E-state index in [1.54, 1.807) is 6.92 Å². The van der Waals surface area contributed by atoms with Crippen LogP contribution in [-0.2, 0) is 9.53 Å². The smallest absolute Gasteiger partial charge is 0.341 e. The van der Waals surface area contributed by atoms with Crippen LogP contribution in [0.4, 0.5) is 11.5 Å². The van der Waals surface area contributed by atoms with Crippen LogP contribution in [0.5, 0.6) is 0 Å². The van der Waals surface area contributed by atoms with Crippen LogP contribution in [0.25, 0.3) is 0 Å². The van der Waals surface area contributed by atoms with Gasteiger partial charge in [-0.05, 0) is 25.8 Å². The third-order valence-corrected chi connectivity index (χ3v) is 3.00. The van der Waals surface area contributed by atoms with Gasteiger partial charge in [-0.2, -0.15) is 0 Å². The highest BCUT2D eigenvalue weighted by atomic mass is 16.5. The molecule has 1 amide bonds. The van der Waals surface area contributed by atoms with Crippen molar-refractivity contribution in [2.75, 3.05) is 24.2 Å². The Morgan fingerprint density at radius 2 is 2.45 bits per heavy atom. The Morgan fingerprint density at radius 1 is 1.65 bits per heavy atom. The van der Waals surface area contributed by atoms with Crippen LogP contribution in [0.3, 0.4) is 0 Å². The van der Waals surface area contributed by atoms with Crippen LogP contribution in [0.1, 0.15) is 30.1 Å². The maximum absolute atomic E-state index is 11.9. The van der Waals surface area contributed by atoms with Crippen molar-refractivity contribution in [1.29, 1.82) is 0 Å². The van der Waals surface area contributed by atoms with E-state index in [4.69, 9.17) is 10.5 Å². The molecule has 0 aliphatic carbocycles. The summed E-state index contributed by atoms with van der Waals surface area (Å²) in [6, 6.07) is 1.10. The lowest BCUT2D eigenvalue weighted by Crippen LogP contribution is -2.44. The number of aromatic nitrogens is 1. The third kappa shape index (κ3) is 3.17. The van der Waals surface area contributed by atoms with Gasteiger partial charge in [0, 0.05) is 6.54 Å². The zero-order valence-electron chi connectivity index (χ0n) is 11.3. The van der Waals surface area contributed by atoms with Crippen LogP contribution in [0, 0.1) is 0 Å². The second-order valence-corrected chi connectivity index (χ2v) is 4.52. The lowest BCUT2D eigenvalue weighted by atomic mass is 10.1. The van der Waals surface area contributed by atoms with E-state index in [1.165, 1.54) is 12.3 Å². The van der Waals surface area contributed by atoms with Gasteiger partial charge in [-0.25, -0.2) is 9.78 Å². The first-order valence-electron chi connectivity index (χ1n) is 6.58. The predicted octanol–water partition coefficient (Wildman–Crippen LogP) is 0.531. The van der Waals surface area contributed by atoms with Gasteiger partial charge in [0.25, 0.3) is 0 Å². The number of hydrogen-bond donors (Lipinski definition) is 3. The fourth-order valence-corrected chi connectivity index (χ4v) is 2.04. The summed E-state index contributed by atoms with van der Waals surface area (Å²) < 4.78 is 4.96. The fraction of sp³-hybridized carbons (Fsp3) is 0.462. The Morgan fingerprint density at radius 3 is 3.15 bits per heavy atom. The van der Waals surface area contributed by atoms with Gasteiger partial charge >= 0.3 is 5.97 Å². The van der Waals surface area contributed by atoms with Gasteiger partial charge in [0.1, 0.15) is 17.4 Å². The summed E-state index contributed by atoms with van der Waals surface area (Å²) in [7, 11) is 0. The van der Waals surface area contributed by atoms with Gasteiger partial charge < -0.3 is 21.1 Å². The Labute approximate surface area is 116 Å². The molecule has 1 saturated heterocycles. The largest absolute Gasteiger partial charge is 0.462 e. The molecule has 1 unspecified atom stereocenters. The van der Waals surface area contributed by atoms with Crippen molar-refractivity contribution in [3.63, 3.8) is 0 Å². The van der Waals surface area contributed by atoms with Crippen molar-refractivity contribution in [2.45, 2.75) is 25.8 Å². The summed E-state index contributed by atoms with van der Waals surface area (Å²) in [6.45, 7) is 2.66. The zero-order chi connectivity index (χ0) is 14.5. The number of pyridine rings is 1. The second-order valence-electron chi connectivity index (χ2n) is 4.52. The summed E-state index contributed by atoms with van der Waals surface area (Å²) >= 11 is 0. The van der Waals surface area contributed by atoms with Crippen LogP contribution in [0.2, 0.25) is 0 Å². The van der Waals surface area contributed by atoms with E-state index in [-0.39, 0.29) is 18.1 Å². The van der Waals surface area contributed by atoms with Gasteiger partial charge in [-0.1, -0.05) is 0 Å². The van der Waals surface area contributed by atoms with Crippen molar-refractivity contribution in [2.24, 2.45) is 0 Å². The fourth-order valence-electron chi connectivity index (χ4n) is 2.04. The number of hydrogen-bond acceptors (Lipinski definition) is 6. The van der Waals surface area contributed by atoms with Gasteiger partial charge in [-0.3, -0.25) is 4.79 Å². The zero-order valence-corrected chi connectivity index (χ0v) is 11.3. The molecule has 7 heteroatoms. The highest BCUT2D eigenvalue weighted by molar-refractivity contribution is 5.96. The van der Waals surface area contributed by atoms with Crippen molar-refractivity contribution in [3.8, 4) is 0 Å². The van der Waals surface area contributed by atoms with Gasteiger partial charge in [0.15, 0.2) is 0 Å². The summed E-state index contributed by atoms with van der Waals surface area (Å²) in [5.74, 6) is -0.282. The molecule has 0 bridgehead atoms. The summed E-state index contributed by atoms with van der Waals surface area (Å²) in [5, 5.41) is 5.75. The molecular formula is C13H18N4O3. The molecule has 0 spiro atoms. The molecule has 0 aromatic carbocycles. The van der Waals surface area contributed by atoms with Crippen LogP contribution < -0.4 is 16.4 Å². The Bertz CT molecular complexity index is 518. The molecule has 2 heterocycles. The molecule has 1 aromatic rings. The van der Waals surface area contributed by atoms with E-state index < -0.39 is 12.0 Å². The molecule has 108 valence electrons. The van der Waals surface area contributed by atoms with Crippen LogP contribution in [-0.4, -0.2) is 36.1 Å². The number of carbonyl (C=O) groups is 2. The number of rotatable bonds is 4. The average Bonchev–Trinajstić information content (AvgIpc) is 2.43. The minimum Gasteiger partial charge on any atom is -0.462 e. The number of piperidine rings is 1. The molecule has 20 heavy (non-hydrogen) atoms. The molecule has 2 rings (SSSR count). The average molecular weight is 278 g/mol. The highest BCUT2D eigenvalue weighted by Crippen LogP contribution is 2.19. The molecule has 0 radical (unpaired) electrons. The lowest BCUT2D eigenvalue weighted by Gasteiger charge is -2.24. The first-order chi connectivity index (χ1) is 9.61. The predicted molar refractivity (Wildman–Crippen MR) is 74.3 cm³/mol. The standard InChI is InChI=1S/C13H18N4O3/c1-2-20-13(19)9-6-8(14)7-16-11(9)17-10-4-3-5-15-12(10)18/h6-7,10H,2-5,14H2,1H3,(H,15,18)(H,16,17). The molecule has 1 aliphatic heterocycles. The maximum Gasteiger partial charge on any atom is 0.341 e. The molecule has 1 atom stereocenters. The number of esters is 1. The summed E-state index contributed by atoms with van der Waals surface area (Å²) in [4.78, 5) is 27.7. The molecule has 4 N–H and O–H groups in total. The Hall–Kier alpha value is -2.31. The first-order valence-corrected chi connectivity index (χ1v) is 6.58. The normalized spacial score (nSPS) is 18.2. The van der Waals surface area contributed by atoms with Gasteiger partial charge in [0.2, 0.25) is 5.91 Å². The van der Waals surface area contributed by atoms with Crippen molar-refractivity contribution >= 4 is 23.4 Å². The lowest BCUT2D eigenvalue weighted by molar-refractivity contribution is -0.123. The van der Waals surface area contributed by atoms with Crippen molar-refractivity contribution in [3.05, 3.63) is 17.8 Å². The monoisotopic (exact) mass is 278 g/mol. The maximum atomic E-state index is 11.9. The van der Waals surface area contributed by atoms with E-state index in [0.29, 0.717) is 24.5 Å². The molecule has 0 saturated carbocycles. The third-order valence-electron chi connectivity index (χ3n) is 3.00. The minimum atomic E-state index is -0.508. The number of amides is 1. The number of ether oxygens (including phenoxy) is 1. The summed E-state index contributed by atoms with van der Waals surface area (Å²) in [6.07, 6.45) is 3.01. The minimum absolute atomic E-state index is 0.0929. The van der Waals surface area contributed by atoms with Crippen LogP contribution >= 0.6 is 0 Å². The molecule has 1 aromatic heterocycles. The SMILES string of the molecule is CCOC(=O)c1cc(N)cnc1NC1CCCNC1=O. The number of nitrogens with zero attached hydrogens (tertiary/aromatic N) is 1. The number of nitrogens with one attached hydrogen (secondary N) is 2. The Kier molecular flexibility index (Phi) is 4.39. The van der Waals surface area contributed by atoms with Gasteiger partial charge in [-0.15, -0.1) is 0 Å². The quantitative estimate of drug-likeness (QED) is 0.694. The number of carbonyl (C=O) groups excluding carboxylic acids is 2. The van der Waals surface area contributed by atoms with E-state index >= 15 is 0 Å². The van der Waals surface area contributed by atoms with E-state index in [1.807, 2.05) is 0 Å². The van der Waals surface area contributed by atoms with Gasteiger partial charge in [0.05, 0.1) is 18.5 Å². The topological polar surface area (TPSA) is 106 Å². The first kappa shape index (κ1) is 14.1. The molecule has 7 nitrogen and oxygen atoms in total. The van der Waals surface area contributed by atoms with Crippen molar-refractivity contribution in [1.82, 2.24) is 10.3 Å². The molecule has 1 fully saturated rings. The van der Waals surface area contributed by atoms with E-state index in [0.717, 1.165) is 6.42 Å². The van der Waals surface area contributed by atoms with E-state index in [2.05, 4.69) is 15.6 Å². The van der Waals surface area contributed by atoms with E-state index in [9.17, 15) is 9.59 Å². The van der Waals surface area contributed by atoms with Crippen LogP contribution in [0.15, 0.2) is 12.3 Å². The Balaban J connectivity index is 2.21. The molecular weight excluding hydrogens is 260 g/mol. The number of anilines is 2. The number of nitrogens with two attached hydrogens (primary N) is 1. The highest BCUT2D eigenvalue weighted by Gasteiger charge is 2.24. The summed E-state index contributed by atoms with van der Waals surface area (Å²) in [5.41, 5.74) is 6.25. The number of nitrogen functional groups attached to an aromatic ring is 1. The van der Waals surface area contributed by atoms with Crippen molar-refractivity contribution < 1.29 is 14.3 Å².